The molecule has 4 nitrogen and oxygen atoms in total. The van der Waals surface area contributed by atoms with Gasteiger partial charge in [-0.1, -0.05) is 0 Å². The van der Waals surface area contributed by atoms with Gasteiger partial charge in [0.25, 0.3) is 0 Å². The van der Waals surface area contributed by atoms with Crippen molar-refractivity contribution in [2.24, 2.45) is 0 Å². The second-order valence-corrected chi connectivity index (χ2v) is 4.57. The highest BCUT2D eigenvalue weighted by atomic mass is 79.9. The monoisotopic (exact) mass is 353 g/mol. The van der Waals surface area contributed by atoms with Crippen molar-refractivity contribution < 1.29 is 14.2 Å². The van der Waals surface area contributed by atoms with Crippen molar-refractivity contribution in [3.63, 3.8) is 0 Å². The molecular weight excluding hydrogens is 334 g/mol. The van der Waals surface area contributed by atoms with E-state index >= 15 is 0 Å². The molecule has 1 N–H and O–H groups in total. The predicted molar refractivity (Wildman–Crippen MR) is 82.7 cm³/mol. The number of benzene rings is 1. The number of methoxy groups -OCH3 is 2. The van der Waals surface area contributed by atoms with Crippen molar-refractivity contribution in [2.75, 3.05) is 34.0 Å². The maximum Gasteiger partial charge on any atom is 0.174 e. The van der Waals surface area contributed by atoms with Gasteiger partial charge in [-0.25, -0.2) is 0 Å². The van der Waals surface area contributed by atoms with Crippen molar-refractivity contribution in [1.29, 1.82) is 0 Å². The number of hydrogen-bond donors (Lipinski definition) is 1. The highest BCUT2D eigenvalue weighted by Gasteiger charge is 2.10. The van der Waals surface area contributed by atoms with Crippen molar-refractivity contribution in [2.45, 2.75) is 13.5 Å². The molecule has 0 unspecified atom stereocenters. The molecule has 0 saturated heterocycles. The highest BCUT2D eigenvalue weighted by molar-refractivity contribution is 9.10. The second kappa shape index (κ2) is 10.3. The molecule has 1 rings (SSSR count). The summed E-state index contributed by atoms with van der Waals surface area (Å²) in [6, 6.07) is 4.02. The van der Waals surface area contributed by atoms with E-state index in [-0.39, 0.29) is 12.4 Å². The van der Waals surface area contributed by atoms with E-state index in [1.54, 1.807) is 14.2 Å². The highest BCUT2D eigenvalue weighted by Crippen LogP contribution is 2.36. The number of ether oxygens (including phenoxy) is 3. The van der Waals surface area contributed by atoms with E-state index in [0.717, 1.165) is 34.6 Å². The minimum absolute atomic E-state index is 0. The van der Waals surface area contributed by atoms with Crippen LogP contribution in [0.25, 0.3) is 0 Å². The fourth-order valence-corrected chi connectivity index (χ4v) is 2.24. The second-order valence-electron chi connectivity index (χ2n) is 3.71. The van der Waals surface area contributed by atoms with Gasteiger partial charge in [0.1, 0.15) is 0 Å². The molecule has 0 amide bonds. The van der Waals surface area contributed by atoms with E-state index in [0.29, 0.717) is 13.2 Å². The van der Waals surface area contributed by atoms with Crippen molar-refractivity contribution in [3.8, 4) is 11.5 Å². The van der Waals surface area contributed by atoms with Crippen molar-refractivity contribution in [3.05, 3.63) is 22.2 Å². The molecule has 0 aromatic heterocycles. The van der Waals surface area contributed by atoms with Gasteiger partial charge in [0, 0.05) is 20.2 Å². The van der Waals surface area contributed by atoms with Gasteiger partial charge in [-0.05, 0) is 40.5 Å². The van der Waals surface area contributed by atoms with Crippen LogP contribution >= 0.6 is 28.3 Å². The molecule has 0 aliphatic heterocycles. The normalized spacial score (nSPS) is 9.89. The number of hydrogen-bond acceptors (Lipinski definition) is 4. The number of halogens is 2. The van der Waals surface area contributed by atoms with E-state index in [2.05, 4.69) is 21.2 Å². The lowest BCUT2D eigenvalue weighted by atomic mass is 10.2. The maximum atomic E-state index is 5.57. The Labute approximate surface area is 129 Å². The number of nitrogens with one attached hydrogen (secondary N) is 1. The SMILES string of the molecule is CCOc1cc(CNCCOC)cc(Br)c1OC.Cl. The minimum Gasteiger partial charge on any atom is -0.492 e. The zero-order valence-electron chi connectivity index (χ0n) is 11.5. The molecule has 0 saturated carbocycles. The average Bonchev–Trinajstić information content (AvgIpc) is 2.35. The molecule has 19 heavy (non-hydrogen) atoms. The van der Waals surface area contributed by atoms with Crippen LogP contribution in [0.15, 0.2) is 16.6 Å². The molecule has 0 bridgehead atoms. The first-order valence-electron chi connectivity index (χ1n) is 5.91. The Morgan fingerprint density at radius 2 is 2.00 bits per heavy atom. The molecule has 0 spiro atoms. The molecule has 6 heteroatoms. The van der Waals surface area contributed by atoms with Crippen LogP contribution in [-0.4, -0.2) is 34.0 Å². The summed E-state index contributed by atoms with van der Waals surface area (Å²) in [7, 11) is 3.33. The fourth-order valence-electron chi connectivity index (χ4n) is 1.59. The Bertz CT molecular complexity index is 377. The first kappa shape index (κ1) is 18.5. The Balaban J connectivity index is 0.00000324. The summed E-state index contributed by atoms with van der Waals surface area (Å²) in [6.07, 6.45) is 0. The lowest BCUT2D eigenvalue weighted by molar-refractivity contribution is 0.199. The van der Waals surface area contributed by atoms with Gasteiger partial charge < -0.3 is 19.5 Å². The summed E-state index contributed by atoms with van der Waals surface area (Å²) >= 11 is 3.49. The van der Waals surface area contributed by atoms with E-state index in [4.69, 9.17) is 14.2 Å². The Morgan fingerprint density at radius 3 is 2.58 bits per heavy atom. The van der Waals surface area contributed by atoms with E-state index in [9.17, 15) is 0 Å². The summed E-state index contributed by atoms with van der Waals surface area (Å²) in [5.41, 5.74) is 1.14. The molecule has 0 radical (unpaired) electrons. The molecule has 1 aromatic carbocycles. The van der Waals surface area contributed by atoms with Crippen LogP contribution < -0.4 is 14.8 Å². The van der Waals surface area contributed by atoms with Crippen LogP contribution in [0.4, 0.5) is 0 Å². The third-order valence-electron chi connectivity index (χ3n) is 2.39. The molecule has 1 aromatic rings. The Kier molecular flexibility index (Phi) is 10.0. The molecule has 0 heterocycles. The van der Waals surface area contributed by atoms with E-state index < -0.39 is 0 Å². The predicted octanol–water partition coefficient (Wildman–Crippen LogP) is 3.01. The van der Waals surface area contributed by atoms with Gasteiger partial charge in [0.15, 0.2) is 11.5 Å². The summed E-state index contributed by atoms with van der Waals surface area (Å²) < 4.78 is 16.8. The maximum absolute atomic E-state index is 5.57. The summed E-state index contributed by atoms with van der Waals surface area (Å²) in [5.74, 6) is 1.50. The third-order valence-corrected chi connectivity index (χ3v) is 2.97. The molecule has 110 valence electrons. The van der Waals surface area contributed by atoms with Gasteiger partial charge in [0.05, 0.1) is 24.8 Å². The molecule has 0 aliphatic carbocycles. The lowest BCUT2D eigenvalue weighted by Gasteiger charge is -2.13. The first-order valence-corrected chi connectivity index (χ1v) is 6.71. The van der Waals surface area contributed by atoms with Crippen molar-refractivity contribution >= 4 is 28.3 Å². The number of rotatable bonds is 8. The Hall–Kier alpha value is -0.490. The lowest BCUT2D eigenvalue weighted by Crippen LogP contribution is -2.18. The zero-order valence-corrected chi connectivity index (χ0v) is 13.9. The summed E-state index contributed by atoms with van der Waals surface area (Å²) in [4.78, 5) is 0. The summed E-state index contributed by atoms with van der Waals surface area (Å²) in [6.45, 7) is 4.87. The van der Waals surface area contributed by atoms with Gasteiger partial charge in [-0.3, -0.25) is 0 Å². The van der Waals surface area contributed by atoms with Crippen LogP contribution in [0.1, 0.15) is 12.5 Å². The van der Waals surface area contributed by atoms with Gasteiger partial charge in [-0.15, -0.1) is 12.4 Å². The minimum atomic E-state index is 0. The average molecular weight is 355 g/mol. The topological polar surface area (TPSA) is 39.7 Å². The molecule has 0 fully saturated rings. The van der Waals surface area contributed by atoms with Crippen LogP contribution in [0.5, 0.6) is 11.5 Å². The van der Waals surface area contributed by atoms with Gasteiger partial charge >= 0.3 is 0 Å². The first-order chi connectivity index (χ1) is 8.72. The van der Waals surface area contributed by atoms with Crippen molar-refractivity contribution in [1.82, 2.24) is 5.32 Å². The van der Waals surface area contributed by atoms with Crippen LogP contribution in [0.2, 0.25) is 0 Å². The third kappa shape index (κ3) is 5.99. The molecular formula is C13H21BrClNO3. The van der Waals surface area contributed by atoms with Crippen LogP contribution in [0, 0.1) is 0 Å². The molecule has 0 aliphatic rings. The smallest absolute Gasteiger partial charge is 0.174 e. The van der Waals surface area contributed by atoms with Gasteiger partial charge in [-0.2, -0.15) is 0 Å². The standard InChI is InChI=1S/C13H20BrNO3.ClH/c1-4-18-12-8-10(9-15-5-6-16-2)7-11(14)13(12)17-3;/h7-8,15H,4-6,9H2,1-3H3;1H. The van der Waals surface area contributed by atoms with Crippen LogP contribution in [0.3, 0.4) is 0 Å². The quantitative estimate of drug-likeness (QED) is 0.729. The largest absolute Gasteiger partial charge is 0.492 e. The van der Waals surface area contributed by atoms with Gasteiger partial charge in [0.2, 0.25) is 0 Å². The zero-order chi connectivity index (χ0) is 13.4. The van der Waals surface area contributed by atoms with E-state index in [1.165, 1.54) is 0 Å². The van der Waals surface area contributed by atoms with Crippen LogP contribution in [-0.2, 0) is 11.3 Å². The summed E-state index contributed by atoms with van der Waals surface area (Å²) in [5, 5.41) is 3.29. The fraction of sp³-hybridized carbons (Fsp3) is 0.538. The van der Waals surface area contributed by atoms with E-state index in [1.807, 2.05) is 19.1 Å². The Morgan fingerprint density at radius 1 is 1.26 bits per heavy atom. The molecule has 0 atom stereocenters.